The topological polar surface area (TPSA) is 111 Å². The largest absolute Gasteiger partial charge is 0.452 e. The number of nitrogens with zero attached hydrogens (tertiary/aromatic N) is 2. The second-order valence-corrected chi connectivity index (χ2v) is 6.28. The highest BCUT2D eigenvalue weighted by atomic mass is 35.5. The first-order chi connectivity index (χ1) is 13.3. The van der Waals surface area contributed by atoms with Crippen molar-refractivity contribution in [3.63, 3.8) is 0 Å². The minimum atomic E-state index is -0.712. The molecule has 0 saturated heterocycles. The summed E-state index contributed by atoms with van der Waals surface area (Å²) in [5, 5.41) is 14.0. The molecule has 28 heavy (non-hydrogen) atoms. The van der Waals surface area contributed by atoms with E-state index in [-0.39, 0.29) is 16.4 Å². The Bertz CT molecular complexity index is 1100. The van der Waals surface area contributed by atoms with Crippen LogP contribution in [-0.4, -0.2) is 28.4 Å². The van der Waals surface area contributed by atoms with Crippen molar-refractivity contribution in [2.24, 2.45) is 0 Å². The maximum Gasteiger partial charge on any atom is 0.339 e. The van der Waals surface area contributed by atoms with Gasteiger partial charge in [0.1, 0.15) is 5.15 Å². The van der Waals surface area contributed by atoms with Crippen LogP contribution in [0.3, 0.4) is 0 Å². The van der Waals surface area contributed by atoms with Gasteiger partial charge in [-0.15, -0.1) is 0 Å². The highest BCUT2D eigenvalue weighted by Gasteiger charge is 2.16. The summed E-state index contributed by atoms with van der Waals surface area (Å²) in [6.45, 7) is 1.10. The number of anilines is 1. The molecule has 0 aliphatic heterocycles. The number of para-hydroxylation sites is 1. The zero-order chi connectivity index (χ0) is 20.3. The summed E-state index contributed by atoms with van der Waals surface area (Å²) in [6, 6.07) is 12.3. The average molecular weight is 400 g/mol. The van der Waals surface area contributed by atoms with Gasteiger partial charge in [0.15, 0.2) is 6.61 Å². The van der Waals surface area contributed by atoms with Crippen LogP contribution in [0.15, 0.2) is 48.5 Å². The number of carbonyl (C=O) groups excluding carboxylic acids is 2. The van der Waals surface area contributed by atoms with Crippen molar-refractivity contribution in [1.29, 1.82) is 0 Å². The highest BCUT2D eigenvalue weighted by molar-refractivity contribution is 6.30. The fourth-order valence-electron chi connectivity index (χ4n) is 2.61. The van der Waals surface area contributed by atoms with Crippen molar-refractivity contribution in [3.05, 3.63) is 74.9 Å². The summed E-state index contributed by atoms with van der Waals surface area (Å²) in [4.78, 5) is 38.8. The molecule has 0 aliphatic rings. The Morgan fingerprint density at radius 2 is 1.96 bits per heavy atom. The van der Waals surface area contributed by atoms with Gasteiger partial charge in [-0.05, 0) is 30.7 Å². The molecule has 3 aromatic rings. The number of hydrogen-bond acceptors (Lipinski definition) is 6. The van der Waals surface area contributed by atoms with E-state index in [1.807, 2.05) is 0 Å². The number of rotatable bonds is 5. The Balaban J connectivity index is 1.68. The maximum absolute atomic E-state index is 12.4. The van der Waals surface area contributed by atoms with E-state index in [0.717, 1.165) is 0 Å². The minimum absolute atomic E-state index is 0.0802. The fourth-order valence-corrected chi connectivity index (χ4v) is 2.81. The molecule has 0 saturated carbocycles. The summed E-state index contributed by atoms with van der Waals surface area (Å²) in [7, 11) is 0. The van der Waals surface area contributed by atoms with Crippen molar-refractivity contribution in [3.8, 4) is 0 Å². The van der Waals surface area contributed by atoms with E-state index in [1.165, 1.54) is 24.3 Å². The lowest BCUT2D eigenvalue weighted by atomic mass is 10.1. The van der Waals surface area contributed by atoms with Crippen molar-refractivity contribution < 1.29 is 19.2 Å². The number of nitro benzene ring substituents is 1. The fraction of sp³-hybridized carbons (Fsp3) is 0.105. The number of halogens is 1. The van der Waals surface area contributed by atoms with Crippen LogP contribution in [0.25, 0.3) is 10.9 Å². The SMILES string of the molecule is Cc1cc([N+](=O)[O-])ccc1NC(=O)COC(=O)c1cc(Cl)nc2ccccc12. The van der Waals surface area contributed by atoms with Gasteiger partial charge in [-0.3, -0.25) is 14.9 Å². The number of benzene rings is 2. The Morgan fingerprint density at radius 3 is 2.68 bits per heavy atom. The molecule has 0 unspecified atom stereocenters. The van der Waals surface area contributed by atoms with E-state index in [1.54, 1.807) is 31.2 Å². The molecule has 9 heteroatoms. The molecule has 0 atom stereocenters. The number of amides is 1. The van der Waals surface area contributed by atoms with Crippen molar-refractivity contribution in [2.75, 3.05) is 11.9 Å². The van der Waals surface area contributed by atoms with Gasteiger partial charge >= 0.3 is 5.97 Å². The standard InChI is InChI=1S/C19H14ClN3O5/c1-11-8-12(23(26)27)6-7-15(11)22-18(24)10-28-19(25)14-9-17(20)21-16-5-3-2-4-13(14)16/h2-9H,10H2,1H3,(H,22,24). The predicted molar refractivity (Wildman–Crippen MR) is 103 cm³/mol. The number of nitrogens with one attached hydrogen (secondary N) is 1. The van der Waals surface area contributed by atoms with Gasteiger partial charge in [0.2, 0.25) is 0 Å². The second kappa shape index (κ2) is 8.01. The number of non-ortho nitro benzene ring substituents is 1. The van der Waals surface area contributed by atoms with Gasteiger partial charge in [-0.25, -0.2) is 9.78 Å². The van der Waals surface area contributed by atoms with E-state index in [4.69, 9.17) is 16.3 Å². The molecule has 0 spiro atoms. The molecule has 3 rings (SSSR count). The van der Waals surface area contributed by atoms with Crippen molar-refractivity contribution in [2.45, 2.75) is 6.92 Å². The van der Waals surface area contributed by atoms with Gasteiger partial charge in [-0.1, -0.05) is 29.8 Å². The lowest BCUT2D eigenvalue weighted by Crippen LogP contribution is -2.21. The molecule has 1 heterocycles. The second-order valence-electron chi connectivity index (χ2n) is 5.89. The van der Waals surface area contributed by atoms with Crippen LogP contribution in [-0.2, 0) is 9.53 Å². The molecule has 1 aromatic heterocycles. The Hall–Kier alpha value is -3.52. The Kier molecular flexibility index (Phi) is 5.51. The Morgan fingerprint density at radius 1 is 1.21 bits per heavy atom. The molecule has 1 amide bonds. The molecule has 142 valence electrons. The van der Waals surface area contributed by atoms with Crippen LogP contribution in [0.2, 0.25) is 5.15 Å². The van der Waals surface area contributed by atoms with E-state index in [2.05, 4.69) is 10.3 Å². The van der Waals surface area contributed by atoms with Gasteiger partial charge in [0.05, 0.1) is 16.0 Å². The number of esters is 1. The van der Waals surface area contributed by atoms with Gasteiger partial charge < -0.3 is 10.1 Å². The van der Waals surface area contributed by atoms with E-state index < -0.39 is 23.4 Å². The van der Waals surface area contributed by atoms with Gasteiger partial charge in [0, 0.05) is 23.2 Å². The minimum Gasteiger partial charge on any atom is -0.452 e. The molecule has 0 aliphatic carbocycles. The smallest absolute Gasteiger partial charge is 0.339 e. The van der Waals surface area contributed by atoms with Crippen LogP contribution in [0, 0.1) is 17.0 Å². The third kappa shape index (κ3) is 4.24. The summed E-state index contributed by atoms with van der Waals surface area (Å²) in [5.41, 5.74) is 1.57. The lowest BCUT2D eigenvalue weighted by molar-refractivity contribution is -0.384. The molecule has 8 nitrogen and oxygen atoms in total. The van der Waals surface area contributed by atoms with Gasteiger partial charge in [0.25, 0.3) is 11.6 Å². The number of aromatic nitrogens is 1. The van der Waals surface area contributed by atoms with Crippen LogP contribution >= 0.6 is 11.6 Å². The predicted octanol–water partition coefficient (Wildman–Crippen LogP) is 3.90. The first kappa shape index (κ1) is 19.2. The van der Waals surface area contributed by atoms with Crippen LogP contribution in [0.4, 0.5) is 11.4 Å². The number of hydrogen-bond donors (Lipinski definition) is 1. The molecular weight excluding hydrogens is 386 g/mol. The molecule has 0 bridgehead atoms. The number of carbonyl (C=O) groups is 2. The Labute approximate surface area is 164 Å². The summed E-state index contributed by atoms with van der Waals surface area (Å²) >= 11 is 5.94. The normalized spacial score (nSPS) is 10.5. The van der Waals surface area contributed by atoms with Crippen LogP contribution in [0.5, 0.6) is 0 Å². The van der Waals surface area contributed by atoms with Crippen LogP contribution in [0.1, 0.15) is 15.9 Å². The molecule has 0 fully saturated rings. The van der Waals surface area contributed by atoms with Crippen LogP contribution < -0.4 is 5.32 Å². The maximum atomic E-state index is 12.4. The van der Waals surface area contributed by atoms with Gasteiger partial charge in [-0.2, -0.15) is 0 Å². The third-order valence-electron chi connectivity index (χ3n) is 3.93. The summed E-state index contributed by atoms with van der Waals surface area (Å²) < 4.78 is 5.08. The molecular formula is C19H14ClN3O5. The first-order valence-electron chi connectivity index (χ1n) is 8.12. The first-order valence-corrected chi connectivity index (χ1v) is 8.50. The number of fused-ring (bicyclic) bond motifs is 1. The number of aryl methyl sites for hydroxylation is 1. The number of ether oxygens (including phenoxy) is 1. The van der Waals surface area contributed by atoms with Crippen molar-refractivity contribution >= 4 is 45.8 Å². The molecule has 2 aromatic carbocycles. The van der Waals surface area contributed by atoms with E-state index >= 15 is 0 Å². The molecule has 1 N–H and O–H groups in total. The summed E-state index contributed by atoms with van der Waals surface area (Å²) in [5.74, 6) is -1.29. The van der Waals surface area contributed by atoms with E-state index in [0.29, 0.717) is 22.2 Å². The average Bonchev–Trinajstić information content (AvgIpc) is 2.66. The number of nitro groups is 1. The quantitative estimate of drug-likeness (QED) is 0.301. The third-order valence-corrected chi connectivity index (χ3v) is 4.13. The zero-order valence-corrected chi connectivity index (χ0v) is 15.4. The lowest BCUT2D eigenvalue weighted by Gasteiger charge is -2.10. The van der Waals surface area contributed by atoms with Crippen molar-refractivity contribution in [1.82, 2.24) is 4.98 Å². The monoisotopic (exact) mass is 399 g/mol. The summed E-state index contributed by atoms with van der Waals surface area (Å²) in [6.07, 6.45) is 0. The van der Waals surface area contributed by atoms with E-state index in [9.17, 15) is 19.7 Å². The number of pyridine rings is 1. The molecule has 0 radical (unpaired) electrons. The highest BCUT2D eigenvalue weighted by Crippen LogP contribution is 2.22. The zero-order valence-electron chi connectivity index (χ0n) is 14.6.